The van der Waals surface area contributed by atoms with Crippen LogP contribution in [0.1, 0.15) is 117 Å². The molecule has 0 aromatic carbocycles. The van der Waals surface area contributed by atoms with Crippen molar-refractivity contribution >= 4 is 5.91 Å². The lowest BCUT2D eigenvalue weighted by Crippen LogP contribution is -2.63. The van der Waals surface area contributed by atoms with E-state index in [1.807, 2.05) is 0 Å². The third-order valence-corrected chi connectivity index (χ3v) is 7.48. The van der Waals surface area contributed by atoms with E-state index in [1.165, 1.54) is 84.0 Å². The second kappa shape index (κ2) is 19.3. The van der Waals surface area contributed by atoms with Crippen LogP contribution in [-0.4, -0.2) is 92.7 Å². The number of hydrogen-bond donors (Lipinski definition) is 5. The van der Waals surface area contributed by atoms with E-state index < -0.39 is 36.6 Å². The highest BCUT2D eigenvalue weighted by Gasteiger charge is 2.49. The Labute approximate surface area is 219 Å². The van der Waals surface area contributed by atoms with E-state index in [-0.39, 0.29) is 25.5 Å². The van der Waals surface area contributed by atoms with Crippen LogP contribution in [-0.2, 0) is 9.53 Å². The van der Waals surface area contributed by atoms with Gasteiger partial charge in [0.2, 0.25) is 5.91 Å². The van der Waals surface area contributed by atoms with E-state index in [0.717, 1.165) is 19.3 Å². The summed E-state index contributed by atoms with van der Waals surface area (Å²) in [7, 11) is 0. The fourth-order valence-electron chi connectivity index (χ4n) is 5.08. The van der Waals surface area contributed by atoms with Crippen LogP contribution in [0.25, 0.3) is 0 Å². The molecule has 1 fully saturated rings. The van der Waals surface area contributed by atoms with E-state index >= 15 is 0 Å². The minimum Gasteiger partial charge on any atom is -0.394 e. The smallest absolute Gasteiger partial charge is 0.219 e. The number of hydrogen-bond acceptors (Lipinski definition) is 7. The minimum atomic E-state index is -1.85. The third kappa shape index (κ3) is 13.2. The molecule has 1 unspecified atom stereocenters. The molecule has 36 heavy (non-hydrogen) atoms. The molecule has 1 heterocycles. The molecule has 0 aromatic heterocycles. The molecule has 0 saturated carbocycles. The Hall–Kier alpha value is -0.770. The molecular weight excluding hydrogens is 462 g/mol. The van der Waals surface area contributed by atoms with E-state index in [2.05, 4.69) is 6.92 Å². The van der Waals surface area contributed by atoms with Crippen molar-refractivity contribution in [2.75, 3.05) is 26.3 Å². The van der Waals surface area contributed by atoms with Crippen molar-refractivity contribution in [2.24, 2.45) is 0 Å². The first kappa shape index (κ1) is 33.3. The molecule has 0 aromatic rings. The van der Waals surface area contributed by atoms with Crippen LogP contribution in [0.15, 0.2) is 0 Å². The van der Waals surface area contributed by atoms with Gasteiger partial charge in [-0.3, -0.25) is 4.79 Å². The van der Waals surface area contributed by atoms with Gasteiger partial charge in [-0.25, -0.2) is 0 Å². The van der Waals surface area contributed by atoms with E-state index in [1.54, 1.807) is 4.90 Å². The molecule has 1 saturated heterocycles. The van der Waals surface area contributed by atoms with Crippen LogP contribution in [0.5, 0.6) is 0 Å². The van der Waals surface area contributed by atoms with Crippen LogP contribution >= 0.6 is 0 Å². The fraction of sp³-hybridized carbons (Fsp3) is 0.964. The lowest BCUT2D eigenvalue weighted by Gasteiger charge is -2.44. The SMILES string of the molecule is CCCCCCCCCCCCCCCCCN(CC(O)C[C@@]1(O)CO[C@H](CO)[C@@H](O)[C@@H]1O)C(C)=O. The first-order valence-corrected chi connectivity index (χ1v) is 14.5. The van der Waals surface area contributed by atoms with Crippen molar-refractivity contribution in [1.29, 1.82) is 0 Å². The maximum Gasteiger partial charge on any atom is 0.219 e. The number of rotatable bonds is 21. The summed E-state index contributed by atoms with van der Waals surface area (Å²) in [6, 6.07) is 0. The normalized spacial score (nSPS) is 25.1. The quantitative estimate of drug-likeness (QED) is 0.148. The molecule has 214 valence electrons. The zero-order valence-electron chi connectivity index (χ0n) is 23.0. The molecule has 0 bridgehead atoms. The molecule has 0 spiro atoms. The standard InChI is InChI=1S/C28H55NO7/c1-3-4-5-6-7-8-9-10-11-12-13-14-15-16-17-18-29(23(2)31)20-24(32)19-28(35)22-36-25(21-30)26(33)27(28)34/h24-27,30,32-35H,3-22H2,1-2H3/t24?,25-,26-,27+,28-/m1/s1. The van der Waals surface area contributed by atoms with Crippen molar-refractivity contribution in [3.8, 4) is 0 Å². The highest BCUT2D eigenvalue weighted by molar-refractivity contribution is 5.73. The number of unbranched alkanes of at least 4 members (excludes halogenated alkanes) is 14. The van der Waals surface area contributed by atoms with Crippen molar-refractivity contribution < 1.29 is 35.1 Å². The zero-order valence-corrected chi connectivity index (χ0v) is 23.0. The van der Waals surface area contributed by atoms with Gasteiger partial charge in [-0.15, -0.1) is 0 Å². The highest BCUT2D eigenvalue weighted by atomic mass is 16.5. The first-order chi connectivity index (χ1) is 17.2. The number of aliphatic hydroxyl groups is 5. The van der Waals surface area contributed by atoms with Gasteiger partial charge in [0, 0.05) is 26.4 Å². The van der Waals surface area contributed by atoms with Crippen molar-refractivity contribution in [1.82, 2.24) is 4.90 Å². The molecule has 0 aliphatic carbocycles. The Morgan fingerprint density at radius 1 is 0.917 bits per heavy atom. The molecule has 1 aliphatic heterocycles. The van der Waals surface area contributed by atoms with E-state index in [0.29, 0.717) is 6.54 Å². The monoisotopic (exact) mass is 517 g/mol. The van der Waals surface area contributed by atoms with Gasteiger partial charge < -0.3 is 35.2 Å². The third-order valence-electron chi connectivity index (χ3n) is 7.48. The van der Waals surface area contributed by atoms with Crippen molar-refractivity contribution in [3.63, 3.8) is 0 Å². The summed E-state index contributed by atoms with van der Waals surface area (Å²) in [4.78, 5) is 13.6. The molecule has 1 amide bonds. The molecule has 1 rings (SSSR count). The number of amides is 1. The summed E-state index contributed by atoms with van der Waals surface area (Å²) in [5, 5.41) is 50.6. The predicted molar refractivity (Wildman–Crippen MR) is 142 cm³/mol. The number of carbonyl (C=O) groups excluding carboxylic acids is 1. The Kier molecular flexibility index (Phi) is 17.8. The molecule has 0 radical (unpaired) electrons. The lowest BCUT2D eigenvalue weighted by molar-refractivity contribution is -0.247. The summed E-state index contributed by atoms with van der Waals surface area (Å²) in [6.45, 7) is 3.51. The lowest BCUT2D eigenvalue weighted by atomic mass is 9.83. The Morgan fingerprint density at radius 3 is 1.83 bits per heavy atom. The van der Waals surface area contributed by atoms with Crippen molar-refractivity contribution in [3.05, 3.63) is 0 Å². The average Bonchev–Trinajstić information content (AvgIpc) is 2.84. The molecular formula is C28H55NO7. The van der Waals surface area contributed by atoms with Gasteiger partial charge in [0.25, 0.3) is 0 Å². The maximum atomic E-state index is 12.0. The molecule has 5 atom stereocenters. The van der Waals surface area contributed by atoms with Crippen LogP contribution < -0.4 is 0 Å². The van der Waals surface area contributed by atoms with Gasteiger partial charge in [-0.1, -0.05) is 96.8 Å². The summed E-state index contributed by atoms with van der Waals surface area (Å²) in [5.41, 5.74) is -1.85. The number of aliphatic hydroxyl groups excluding tert-OH is 4. The summed E-state index contributed by atoms with van der Waals surface area (Å²) in [6.07, 6.45) is 13.8. The zero-order chi connectivity index (χ0) is 26.8. The highest BCUT2D eigenvalue weighted by Crippen LogP contribution is 2.28. The number of nitrogens with zero attached hydrogens (tertiary/aromatic N) is 1. The van der Waals surface area contributed by atoms with Gasteiger partial charge in [-0.05, 0) is 6.42 Å². The number of carbonyl (C=O) groups is 1. The second-order valence-corrected chi connectivity index (χ2v) is 10.8. The Morgan fingerprint density at radius 2 is 1.39 bits per heavy atom. The summed E-state index contributed by atoms with van der Waals surface area (Å²) in [5.74, 6) is -0.146. The van der Waals surface area contributed by atoms with Gasteiger partial charge in [0.15, 0.2) is 0 Å². The fourth-order valence-corrected chi connectivity index (χ4v) is 5.08. The Bertz CT molecular complexity index is 564. The van der Waals surface area contributed by atoms with Gasteiger partial charge in [0.05, 0.1) is 19.3 Å². The van der Waals surface area contributed by atoms with Crippen molar-refractivity contribution in [2.45, 2.75) is 147 Å². The Balaban J connectivity index is 2.14. The molecule has 1 aliphatic rings. The molecule has 5 N–H and O–H groups in total. The minimum absolute atomic E-state index is 0.0441. The van der Waals surface area contributed by atoms with Crippen LogP contribution in [0, 0.1) is 0 Å². The van der Waals surface area contributed by atoms with Gasteiger partial charge in [-0.2, -0.15) is 0 Å². The average molecular weight is 518 g/mol. The first-order valence-electron chi connectivity index (χ1n) is 14.5. The summed E-state index contributed by atoms with van der Waals surface area (Å²) >= 11 is 0. The topological polar surface area (TPSA) is 131 Å². The van der Waals surface area contributed by atoms with Gasteiger partial charge in [0.1, 0.15) is 23.9 Å². The van der Waals surface area contributed by atoms with Gasteiger partial charge >= 0.3 is 0 Å². The van der Waals surface area contributed by atoms with E-state index in [9.17, 15) is 30.3 Å². The van der Waals surface area contributed by atoms with Crippen LogP contribution in [0.3, 0.4) is 0 Å². The summed E-state index contributed by atoms with van der Waals surface area (Å²) < 4.78 is 5.24. The van der Waals surface area contributed by atoms with Crippen LogP contribution in [0.4, 0.5) is 0 Å². The number of ether oxygens (including phenoxy) is 1. The predicted octanol–water partition coefficient (Wildman–Crippen LogP) is 3.30. The largest absolute Gasteiger partial charge is 0.394 e. The molecule has 8 nitrogen and oxygen atoms in total. The maximum absolute atomic E-state index is 12.0. The van der Waals surface area contributed by atoms with E-state index in [4.69, 9.17) is 4.74 Å². The molecule has 8 heteroatoms. The second-order valence-electron chi connectivity index (χ2n) is 10.8. The van der Waals surface area contributed by atoms with Crippen LogP contribution in [0.2, 0.25) is 0 Å².